The molecule has 7 heteroatoms. The minimum Gasteiger partial charge on any atom is -0.450 e. The molecule has 2 aliphatic rings. The minimum atomic E-state index is -0.349. The standard InChI is InChI=1S/C25H27N3O4/c1-3-32-25(31)27-16-14-20(15-17-27)28-23(29)21(18-10-6-4-7-11-18)22(24(28)30)26(2)19-12-8-5-9-13-19/h4-13,20H,3,14-17H2,1-2H3. The van der Waals surface area contributed by atoms with Crippen LogP contribution in [0.2, 0.25) is 0 Å². The molecule has 32 heavy (non-hydrogen) atoms. The maximum Gasteiger partial charge on any atom is 0.409 e. The molecular formula is C25H27N3O4. The lowest BCUT2D eigenvalue weighted by molar-refractivity contribution is -0.140. The fraction of sp³-hybridized carbons (Fsp3) is 0.320. The molecule has 0 aromatic heterocycles. The molecule has 3 amide bonds. The zero-order valence-electron chi connectivity index (χ0n) is 18.4. The highest BCUT2D eigenvalue weighted by molar-refractivity contribution is 6.36. The van der Waals surface area contributed by atoms with E-state index in [0.29, 0.717) is 43.8 Å². The third-order valence-corrected chi connectivity index (χ3v) is 5.99. The van der Waals surface area contributed by atoms with Gasteiger partial charge in [0.2, 0.25) is 0 Å². The van der Waals surface area contributed by atoms with Gasteiger partial charge in [-0.2, -0.15) is 0 Å². The Kier molecular flexibility index (Phi) is 6.25. The maximum absolute atomic E-state index is 13.6. The molecule has 0 saturated carbocycles. The van der Waals surface area contributed by atoms with Gasteiger partial charge in [0.1, 0.15) is 5.70 Å². The summed E-state index contributed by atoms with van der Waals surface area (Å²) in [5.74, 6) is -0.580. The number of likely N-dealkylation sites (N-methyl/N-ethyl adjacent to an activating group) is 1. The number of benzene rings is 2. The number of amides is 3. The molecule has 0 radical (unpaired) electrons. The van der Waals surface area contributed by atoms with Crippen molar-refractivity contribution in [1.82, 2.24) is 9.80 Å². The number of nitrogens with zero attached hydrogens (tertiary/aromatic N) is 3. The Morgan fingerprint density at radius 2 is 1.56 bits per heavy atom. The lowest BCUT2D eigenvalue weighted by Crippen LogP contribution is -2.49. The Labute approximate surface area is 187 Å². The molecular weight excluding hydrogens is 406 g/mol. The first-order valence-corrected chi connectivity index (χ1v) is 10.9. The molecule has 2 aliphatic heterocycles. The highest BCUT2D eigenvalue weighted by Crippen LogP contribution is 2.36. The molecule has 4 rings (SSSR count). The zero-order chi connectivity index (χ0) is 22.7. The number of imide groups is 1. The van der Waals surface area contributed by atoms with Crippen LogP contribution in [0.5, 0.6) is 0 Å². The number of piperidine rings is 1. The lowest BCUT2D eigenvalue weighted by atomic mass is 10.0. The van der Waals surface area contributed by atoms with Crippen molar-refractivity contribution in [3.05, 3.63) is 71.9 Å². The van der Waals surface area contributed by atoms with Gasteiger partial charge in [0.15, 0.2) is 0 Å². The number of ether oxygens (including phenoxy) is 1. The van der Waals surface area contributed by atoms with E-state index in [-0.39, 0.29) is 23.9 Å². The molecule has 2 aromatic carbocycles. The number of rotatable bonds is 5. The minimum absolute atomic E-state index is 0.263. The average Bonchev–Trinajstić information content (AvgIpc) is 3.09. The number of carbonyl (C=O) groups is 3. The van der Waals surface area contributed by atoms with Crippen molar-refractivity contribution in [2.45, 2.75) is 25.8 Å². The molecule has 1 saturated heterocycles. The van der Waals surface area contributed by atoms with Crippen molar-refractivity contribution in [2.75, 3.05) is 31.6 Å². The van der Waals surface area contributed by atoms with E-state index in [4.69, 9.17) is 4.74 Å². The number of hydrogen-bond acceptors (Lipinski definition) is 5. The second-order valence-corrected chi connectivity index (χ2v) is 7.88. The Morgan fingerprint density at radius 3 is 2.16 bits per heavy atom. The average molecular weight is 434 g/mol. The first-order valence-electron chi connectivity index (χ1n) is 10.9. The third-order valence-electron chi connectivity index (χ3n) is 5.99. The van der Waals surface area contributed by atoms with Crippen molar-refractivity contribution in [2.24, 2.45) is 0 Å². The van der Waals surface area contributed by atoms with Gasteiger partial charge in [-0.1, -0.05) is 48.5 Å². The van der Waals surface area contributed by atoms with Crippen LogP contribution in [0, 0.1) is 0 Å². The molecule has 2 aromatic rings. The van der Waals surface area contributed by atoms with E-state index < -0.39 is 0 Å². The quantitative estimate of drug-likeness (QED) is 0.675. The van der Waals surface area contributed by atoms with E-state index in [1.807, 2.05) is 67.7 Å². The predicted octanol–water partition coefficient (Wildman–Crippen LogP) is 3.52. The van der Waals surface area contributed by atoms with Crippen molar-refractivity contribution in [3.8, 4) is 0 Å². The van der Waals surface area contributed by atoms with E-state index in [9.17, 15) is 14.4 Å². The van der Waals surface area contributed by atoms with Crippen LogP contribution in [-0.4, -0.2) is 60.5 Å². The first-order chi connectivity index (χ1) is 15.5. The molecule has 2 heterocycles. The van der Waals surface area contributed by atoms with Crippen LogP contribution < -0.4 is 4.90 Å². The Bertz CT molecular complexity index is 1030. The Balaban J connectivity index is 1.64. The highest BCUT2D eigenvalue weighted by atomic mass is 16.6. The summed E-state index contributed by atoms with van der Waals surface area (Å²) in [6.07, 6.45) is 0.708. The number of para-hydroxylation sites is 1. The second-order valence-electron chi connectivity index (χ2n) is 7.88. The summed E-state index contributed by atoms with van der Waals surface area (Å²) in [6, 6.07) is 18.6. The topological polar surface area (TPSA) is 70.2 Å². The third kappa shape index (κ3) is 3.98. The molecule has 7 nitrogen and oxygen atoms in total. The first kappa shape index (κ1) is 21.6. The highest BCUT2D eigenvalue weighted by Gasteiger charge is 2.45. The van der Waals surface area contributed by atoms with Gasteiger partial charge in [0.25, 0.3) is 11.8 Å². The molecule has 0 aliphatic carbocycles. The van der Waals surface area contributed by atoms with E-state index in [0.717, 1.165) is 11.3 Å². The van der Waals surface area contributed by atoms with Crippen LogP contribution in [-0.2, 0) is 14.3 Å². The van der Waals surface area contributed by atoms with Crippen molar-refractivity contribution >= 4 is 29.2 Å². The van der Waals surface area contributed by atoms with Crippen LogP contribution in [0.3, 0.4) is 0 Å². The molecule has 0 unspecified atom stereocenters. The SMILES string of the molecule is CCOC(=O)N1CCC(N2C(=O)C(c3ccccc3)=C(N(C)c3ccccc3)C2=O)CC1. The predicted molar refractivity (Wildman–Crippen MR) is 122 cm³/mol. The molecule has 0 spiro atoms. The normalized spacial score (nSPS) is 17.2. The summed E-state index contributed by atoms with van der Waals surface area (Å²) >= 11 is 0. The van der Waals surface area contributed by atoms with Gasteiger partial charge < -0.3 is 14.5 Å². The van der Waals surface area contributed by atoms with Crippen LogP contribution >= 0.6 is 0 Å². The van der Waals surface area contributed by atoms with Crippen LogP contribution in [0.15, 0.2) is 66.4 Å². The maximum atomic E-state index is 13.6. The summed E-state index contributed by atoms with van der Waals surface area (Å²) in [7, 11) is 1.81. The van der Waals surface area contributed by atoms with Crippen molar-refractivity contribution in [1.29, 1.82) is 0 Å². The molecule has 0 atom stereocenters. The molecule has 0 N–H and O–H groups in total. The van der Waals surface area contributed by atoms with E-state index >= 15 is 0 Å². The van der Waals surface area contributed by atoms with Crippen LogP contribution in [0.25, 0.3) is 5.57 Å². The van der Waals surface area contributed by atoms with Gasteiger partial charge in [0.05, 0.1) is 12.2 Å². The summed E-state index contributed by atoms with van der Waals surface area (Å²) < 4.78 is 5.08. The van der Waals surface area contributed by atoms with E-state index in [1.54, 1.807) is 16.7 Å². The molecule has 0 bridgehead atoms. The monoisotopic (exact) mass is 433 g/mol. The summed E-state index contributed by atoms with van der Waals surface area (Å²) in [5, 5.41) is 0. The summed E-state index contributed by atoms with van der Waals surface area (Å²) in [5.41, 5.74) is 2.33. The van der Waals surface area contributed by atoms with Gasteiger partial charge in [-0.15, -0.1) is 0 Å². The van der Waals surface area contributed by atoms with Crippen LogP contribution in [0.1, 0.15) is 25.3 Å². The fourth-order valence-electron chi connectivity index (χ4n) is 4.34. The largest absolute Gasteiger partial charge is 0.450 e. The number of hydrogen-bond donors (Lipinski definition) is 0. The van der Waals surface area contributed by atoms with Crippen LogP contribution in [0.4, 0.5) is 10.5 Å². The lowest BCUT2D eigenvalue weighted by Gasteiger charge is -2.35. The zero-order valence-corrected chi connectivity index (χ0v) is 18.4. The van der Waals surface area contributed by atoms with E-state index in [2.05, 4.69) is 0 Å². The molecule has 1 fully saturated rings. The summed E-state index contributed by atoms with van der Waals surface area (Å²) in [4.78, 5) is 44.1. The number of likely N-dealkylation sites (tertiary alicyclic amines) is 1. The Hall–Kier alpha value is -3.61. The van der Waals surface area contributed by atoms with Gasteiger partial charge in [-0.05, 0) is 37.5 Å². The van der Waals surface area contributed by atoms with Crippen molar-refractivity contribution < 1.29 is 19.1 Å². The smallest absolute Gasteiger partial charge is 0.409 e. The van der Waals surface area contributed by atoms with Gasteiger partial charge >= 0.3 is 6.09 Å². The van der Waals surface area contributed by atoms with Gasteiger partial charge in [-0.3, -0.25) is 14.5 Å². The Morgan fingerprint density at radius 1 is 0.969 bits per heavy atom. The van der Waals surface area contributed by atoms with Crippen molar-refractivity contribution in [3.63, 3.8) is 0 Å². The van der Waals surface area contributed by atoms with E-state index in [1.165, 1.54) is 4.90 Å². The second kappa shape index (κ2) is 9.26. The fourth-order valence-corrected chi connectivity index (χ4v) is 4.34. The number of anilines is 1. The number of carbonyl (C=O) groups excluding carboxylic acids is 3. The van der Waals surface area contributed by atoms with Gasteiger partial charge in [0, 0.05) is 31.9 Å². The van der Waals surface area contributed by atoms with Gasteiger partial charge in [-0.25, -0.2) is 4.79 Å². The summed E-state index contributed by atoms with van der Waals surface area (Å²) in [6.45, 7) is 2.99. The molecule has 166 valence electrons.